The van der Waals surface area contributed by atoms with Gasteiger partial charge in [-0.05, 0) is 51.4 Å². The summed E-state index contributed by atoms with van der Waals surface area (Å²) in [5.41, 5.74) is 11.7. The number of carboxylic acid groups (broad SMARTS) is 2. The van der Waals surface area contributed by atoms with Gasteiger partial charge in [0.25, 0.3) is 0 Å². The first kappa shape index (κ1) is 65.2. The summed E-state index contributed by atoms with van der Waals surface area (Å²) >= 11 is 0. The highest BCUT2D eigenvalue weighted by Crippen LogP contribution is 2.16. The summed E-state index contributed by atoms with van der Waals surface area (Å²) in [5.74, 6) is -5.39. The summed E-state index contributed by atoms with van der Waals surface area (Å²) in [7, 11) is 0. The van der Waals surface area contributed by atoms with Gasteiger partial charge in [0.1, 0.15) is 12.1 Å². The molecule has 0 bridgehead atoms. The number of hydrogen-bond acceptors (Lipinski definition) is 11. The van der Waals surface area contributed by atoms with Crippen LogP contribution < -0.4 is 27.4 Å². The first-order valence-corrected chi connectivity index (χ1v) is 27.5. The highest BCUT2D eigenvalue weighted by atomic mass is 16.5. The van der Waals surface area contributed by atoms with Gasteiger partial charge in [0.15, 0.2) is 0 Å². The summed E-state index contributed by atoms with van der Waals surface area (Å²) in [6.07, 6.45) is 33.2. The van der Waals surface area contributed by atoms with E-state index < -0.39 is 65.8 Å². The summed E-state index contributed by atoms with van der Waals surface area (Å²) in [6, 6.07) is -4.64. The van der Waals surface area contributed by atoms with Crippen LogP contribution in [0.3, 0.4) is 0 Å². The number of rotatable bonds is 50. The van der Waals surface area contributed by atoms with Gasteiger partial charge in [0, 0.05) is 25.8 Å². The molecule has 0 aromatic carbocycles. The predicted molar refractivity (Wildman–Crippen MR) is 272 cm³/mol. The lowest BCUT2D eigenvalue weighted by Gasteiger charge is -2.24. The van der Waals surface area contributed by atoms with Gasteiger partial charge >= 0.3 is 23.9 Å². The van der Waals surface area contributed by atoms with Crippen LogP contribution in [0.15, 0.2) is 0 Å². The minimum atomic E-state index is -1.22. The maximum Gasteiger partial charge on any atom is 0.328 e. The zero-order chi connectivity index (χ0) is 51.2. The van der Waals surface area contributed by atoms with Gasteiger partial charge in [-0.2, -0.15) is 0 Å². The van der Waals surface area contributed by atoms with Crippen molar-refractivity contribution in [1.82, 2.24) is 16.0 Å². The van der Waals surface area contributed by atoms with Crippen LogP contribution in [-0.4, -0.2) is 95.7 Å². The molecule has 0 spiro atoms. The molecule has 0 saturated carbocycles. The molecule has 0 aliphatic heterocycles. The molecule has 16 nitrogen and oxygen atoms in total. The number of ether oxygens (including phenoxy) is 2. The molecule has 0 heterocycles. The quantitative estimate of drug-likeness (QED) is 0.0221. The highest BCUT2D eigenvalue weighted by molar-refractivity contribution is 5.92. The van der Waals surface area contributed by atoms with Crippen LogP contribution in [0.1, 0.15) is 251 Å². The van der Waals surface area contributed by atoms with Crippen LogP contribution in [0, 0.1) is 0 Å². The fourth-order valence-electron chi connectivity index (χ4n) is 8.09. The van der Waals surface area contributed by atoms with Crippen molar-refractivity contribution in [1.29, 1.82) is 0 Å². The Bertz CT molecular complexity index is 1350. The number of carbonyl (C=O) groups excluding carboxylic acids is 5. The molecule has 0 saturated heterocycles. The second-order valence-corrected chi connectivity index (χ2v) is 19.1. The molecule has 0 aliphatic rings. The minimum absolute atomic E-state index is 0.0299. The monoisotopic (exact) mass is 982 g/mol. The van der Waals surface area contributed by atoms with Crippen LogP contribution in [0.2, 0.25) is 0 Å². The standard InChI is InChI=1S/C53H99N5O11/c1-3-5-7-9-11-13-15-17-19-21-23-25-27-31-41-68-49(63)39-36-46(53(67)69-42-32-28-26-24-22-20-18-16-14-12-10-8-6-4-2)58-52(66)45(57-51(65)44(55)35-38-48(61)62)33-29-30-40-56-50(64)43(54)34-37-47(59)60/h43-46H,3-42,54-55H2,1-2H3,(H,56,64)(H,57,65)(H,58,66)(H,59,60)(H,61,62)/t43-,44-,45-,46-/m0/s1. The molecule has 0 fully saturated rings. The Balaban J connectivity index is 5.29. The van der Waals surface area contributed by atoms with Crippen LogP contribution >= 0.6 is 0 Å². The average molecular weight is 982 g/mol. The fraction of sp³-hybridized carbons (Fsp3) is 0.868. The topological polar surface area (TPSA) is 267 Å². The van der Waals surface area contributed by atoms with Crippen molar-refractivity contribution >= 4 is 41.6 Å². The predicted octanol–water partition coefficient (Wildman–Crippen LogP) is 9.46. The molecular weight excluding hydrogens is 883 g/mol. The van der Waals surface area contributed by atoms with Crippen LogP contribution in [-0.2, 0) is 43.0 Å². The SMILES string of the molecule is CCCCCCCCCCCCCCCCOC(=O)CC[C@H](NC(=O)[C@H](CCCCNC(=O)[C@@H](N)CCC(=O)O)NC(=O)[C@@H](N)CCC(=O)O)C(=O)OCCCCCCCCCCCCCCCC. The van der Waals surface area contributed by atoms with E-state index in [0.717, 1.165) is 44.9 Å². The average Bonchev–Trinajstić information content (AvgIpc) is 3.32. The minimum Gasteiger partial charge on any atom is -0.481 e. The molecule has 0 unspecified atom stereocenters. The van der Waals surface area contributed by atoms with Crippen molar-refractivity contribution in [2.45, 2.75) is 276 Å². The molecule has 9 N–H and O–H groups in total. The third-order valence-corrected chi connectivity index (χ3v) is 12.6. The van der Waals surface area contributed by atoms with Gasteiger partial charge in [-0.25, -0.2) is 4.79 Å². The van der Waals surface area contributed by atoms with E-state index in [1.54, 1.807) is 0 Å². The maximum atomic E-state index is 13.8. The first-order valence-electron chi connectivity index (χ1n) is 27.5. The Morgan fingerprint density at radius 1 is 0.406 bits per heavy atom. The van der Waals surface area contributed by atoms with Gasteiger partial charge < -0.3 is 47.1 Å². The summed E-state index contributed by atoms with van der Waals surface area (Å²) < 4.78 is 11.1. The first-order chi connectivity index (χ1) is 33.3. The Labute approximate surface area is 416 Å². The number of esters is 2. The van der Waals surface area contributed by atoms with Crippen LogP contribution in [0.25, 0.3) is 0 Å². The van der Waals surface area contributed by atoms with Crippen molar-refractivity contribution in [2.75, 3.05) is 19.8 Å². The van der Waals surface area contributed by atoms with Gasteiger partial charge in [0.2, 0.25) is 17.7 Å². The summed E-state index contributed by atoms with van der Waals surface area (Å²) in [5, 5.41) is 25.9. The van der Waals surface area contributed by atoms with Gasteiger partial charge in [0.05, 0.1) is 25.3 Å². The number of carbonyl (C=O) groups is 7. The second-order valence-electron chi connectivity index (χ2n) is 19.1. The van der Waals surface area contributed by atoms with E-state index in [2.05, 4.69) is 29.8 Å². The highest BCUT2D eigenvalue weighted by Gasteiger charge is 2.29. The third kappa shape index (κ3) is 41.7. The van der Waals surface area contributed by atoms with Gasteiger partial charge in [-0.1, -0.05) is 181 Å². The normalized spacial score (nSPS) is 12.9. The Morgan fingerprint density at radius 2 is 0.783 bits per heavy atom. The van der Waals surface area contributed by atoms with Crippen molar-refractivity contribution in [2.24, 2.45) is 11.5 Å². The van der Waals surface area contributed by atoms with Gasteiger partial charge in [-0.15, -0.1) is 0 Å². The molecular formula is C53H99N5O11. The number of carboxylic acids is 2. The van der Waals surface area contributed by atoms with E-state index in [0.29, 0.717) is 19.3 Å². The smallest absolute Gasteiger partial charge is 0.328 e. The van der Waals surface area contributed by atoms with Crippen molar-refractivity contribution in [3.8, 4) is 0 Å². The van der Waals surface area contributed by atoms with E-state index in [4.69, 9.17) is 31.2 Å². The molecule has 0 rings (SSSR count). The number of hydrogen-bond donors (Lipinski definition) is 7. The molecule has 69 heavy (non-hydrogen) atoms. The molecule has 402 valence electrons. The molecule has 0 aliphatic carbocycles. The number of amides is 3. The zero-order valence-corrected chi connectivity index (χ0v) is 43.3. The second kappa shape index (κ2) is 46.6. The number of nitrogens with two attached hydrogens (primary N) is 2. The lowest BCUT2D eigenvalue weighted by molar-refractivity contribution is -0.149. The Hall–Kier alpha value is -3.79. The number of aliphatic carboxylic acids is 2. The van der Waals surface area contributed by atoms with Crippen LogP contribution in [0.4, 0.5) is 0 Å². The number of unbranched alkanes of at least 4 members (excludes halogenated alkanes) is 27. The molecule has 0 aromatic rings. The fourth-order valence-corrected chi connectivity index (χ4v) is 8.09. The van der Waals surface area contributed by atoms with E-state index in [1.165, 1.54) is 128 Å². The summed E-state index contributed by atoms with van der Waals surface area (Å²) in [6.45, 7) is 5.05. The lowest BCUT2D eigenvalue weighted by atomic mass is 10.0. The lowest BCUT2D eigenvalue weighted by Crippen LogP contribution is -2.54. The van der Waals surface area contributed by atoms with Crippen molar-refractivity contribution < 1.29 is 53.2 Å². The molecule has 0 radical (unpaired) electrons. The van der Waals surface area contributed by atoms with E-state index in [-0.39, 0.29) is 64.7 Å². The maximum absolute atomic E-state index is 13.8. The van der Waals surface area contributed by atoms with E-state index >= 15 is 0 Å². The Kier molecular flexibility index (Phi) is 44.0. The largest absolute Gasteiger partial charge is 0.481 e. The molecule has 16 heteroatoms. The zero-order valence-electron chi connectivity index (χ0n) is 43.3. The van der Waals surface area contributed by atoms with Crippen LogP contribution in [0.5, 0.6) is 0 Å². The third-order valence-electron chi connectivity index (χ3n) is 12.6. The van der Waals surface area contributed by atoms with Crippen molar-refractivity contribution in [3.63, 3.8) is 0 Å². The number of nitrogens with one attached hydrogen (secondary N) is 3. The van der Waals surface area contributed by atoms with E-state index in [9.17, 15) is 33.6 Å². The Morgan fingerprint density at radius 3 is 1.20 bits per heavy atom. The summed E-state index contributed by atoms with van der Waals surface area (Å²) in [4.78, 5) is 87.5. The van der Waals surface area contributed by atoms with E-state index in [1.807, 2.05) is 0 Å². The molecule has 0 aromatic heterocycles. The van der Waals surface area contributed by atoms with Gasteiger partial charge in [-0.3, -0.25) is 28.8 Å². The molecule has 4 atom stereocenters. The van der Waals surface area contributed by atoms with Crippen molar-refractivity contribution in [3.05, 3.63) is 0 Å². The molecule has 3 amide bonds.